The first-order chi connectivity index (χ1) is 10.7. The second kappa shape index (κ2) is 5.86. The number of hydrogen-bond donors (Lipinski definition) is 1. The van der Waals surface area contributed by atoms with Crippen LogP contribution in [0.2, 0.25) is 0 Å². The Morgan fingerprint density at radius 2 is 1.77 bits per heavy atom. The molecule has 2 nitrogen and oxygen atoms in total. The highest BCUT2D eigenvalue weighted by Gasteiger charge is 2.03. The van der Waals surface area contributed by atoms with Gasteiger partial charge in [0, 0.05) is 23.7 Å². The number of rotatable bonds is 4. The van der Waals surface area contributed by atoms with Crippen LogP contribution in [0.15, 0.2) is 67.8 Å². The molecule has 0 bridgehead atoms. The van der Waals surface area contributed by atoms with Crippen molar-refractivity contribution in [3.63, 3.8) is 0 Å². The van der Waals surface area contributed by atoms with Gasteiger partial charge in [-0.05, 0) is 23.3 Å². The molecule has 0 aliphatic rings. The van der Waals surface area contributed by atoms with Crippen LogP contribution >= 0.6 is 0 Å². The van der Waals surface area contributed by atoms with Crippen molar-refractivity contribution < 1.29 is 0 Å². The van der Waals surface area contributed by atoms with Crippen LogP contribution in [0.3, 0.4) is 0 Å². The fourth-order valence-corrected chi connectivity index (χ4v) is 2.41. The predicted molar refractivity (Wildman–Crippen MR) is 95.4 cm³/mol. The quantitative estimate of drug-likeness (QED) is 0.749. The third-order valence-electron chi connectivity index (χ3n) is 3.78. The Balaban J connectivity index is 2.02. The largest absolute Gasteiger partial charge is 0.388 e. The molecule has 1 N–H and O–H groups in total. The summed E-state index contributed by atoms with van der Waals surface area (Å²) in [6.07, 6.45) is 1.84. The maximum Gasteiger partial charge on any atom is 0.0715 e. The van der Waals surface area contributed by atoms with Gasteiger partial charge in [0.2, 0.25) is 0 Å². The summed E-state index contributed by atoms with van der Waals surface area (Å²) in [5.74, 6) is 0. The highest BCUT2D eigenvalue weighted by molar-refractivity contribution is 5.83. The Hall–Kier alpha value is -2.87. The number of benzene rings is 2. The fraction of sp³-hybridized carbons (Fsp3) is 0.0500. The van der Waals surface area contributed by atoms with Gasteiger partial charge in [-0.25, -0.2) is 4.98 Å². The first-order valence-electron chi connectivity index (χ1n) is 7.22. The molecule has 3 rings (SSSR count). The van der Waals surface area contributed by atoms with Gasteiger partial charge in [0.05, 0.1) is 11.2 Å². The lowest BCUT2D eigenvalue weighted by Crippen LogP contribution is -2.02. The molecule has 0 aliphatic heterocycles. The monoisotopic (exact) mass is 286 g/mol. The molecule has 2 heteroatoms. The van der Waals surface area contributed by atoms with E-state index in [4.69, 9.17) is 4.98 Å². The number of fused-ring (bicyclic) bond motifs is 1. The van der Waals surface area contributed by atoms with Crippen molar-refractivity contribution in [2.24, 2.45) is 0 Å². The average molecular weight is 286 g/mol. The van der Waals surface area contributed by atoms with E-state index in [-0.39, 0.29) is 0 Å². The highest BCUT2D eigenvalue weighted by atomic mass is 14.8. The zero-order valence-corrected chi connectivity index (χ0v) is 12.6. The molecule has 0 fully saturated rings. The van der Waals surface area contributed by atoms with Crippen molar-refractivity contribution in [3.05, 3.63) is 78.9 Å². The first-order valence-corrected chi connectivity index (χ1v) is 7.22. The molecule has 0 radical (unpaired) electrons. The van der Waals surface area contributed by atoms with Crippen LogP contribution in [0.5, 0.6) is 0 Å². The van der Waals surface area contributed by atoms with Crippen LogP contribution in [0, 0.1) is 0 Å². The summed E-state index contributed by atoms with van der Waals surface area (Å²) in [7, 11) is 1.87. The molecule has 1 heterocycles. The lowest BCUT2D eigenvalue weighted by molar-refractivity contribution is 1.13. The molecule has 108 valence electrons. The minimum Gasteiger partial charge on any atom is -0.388 e. The normalized spacial score (nSPS) is 10.4. The van der Waals surface area contributed by atoms with Crippen molar-refractivity contribution in [1.29, 1.82) is 0 Å². The first kappa shape index (κ1) is 14.1. The molecule has 0 saturated heterocycles. The number of pyridine rings is 1. The summed E-state index contributed by atoms with van der Waals surface area (Å²) in [5.41, 5.74) is 6.12. The fourth-order valence-electron chi connectivity index (χ4n) is 2.41. The van der Waals surface area contributed by atoms with E-state index in [1.165, 1.54) is 0 Å². The molecule has 0 saturated carbocycles. The summed E-state index contributed by atoms with van der Waals surface area (Å²) in [5, 5.41) is 4.19. The summed E-state index contributed by atoms with van der Waals surface area (Å²) in [4.78, 5) is 4.76. The van der Waals surface area contributed by atoms with Crippen molar-refractivity contribution in [3.8, 4) is 11.3 Å². The Kier molecular flexibility index (Phi) is 3.75. The van der Waals surface area contributed by atoms with E-state index in [1.807, 2.05) is 13.1 Å². The van der Waals surface area contributed by atoms with E-state index in [0.29, 0.717) is 0 Å². The zero-order valence-electron chi connectivity index (χ0n) is 12.6. The smallest absolute Gasteiger partial charge is 0.0715 e. The van der Waals surface area contributed by atoms with Crippen molar-refractivity contribution >= 4 is 22.7 Å². The molecule has 22 heavy (non-hydrogen) atoms. The van der Waals surface area contributed by atoms with Gasteiger partial charge in [0.15, 0.2) is 0 Å². The Morgan fingerprint density at radius 3 is 2.45 bits per heavy atom. The van der Waals surface area contributed by atoms with Crippen molar-refractivity contribution in [2.45, 2.75) is 0 Å². The van der Waals surface area contributed by atoms with Gasteiger partial charge < -0.3 is 5.32 Å². The maximum absolute atomic E-state index is 4.76. The zero-order chi connectivity index (χ0) is 15.5. The summed E-state index contributed by atoms with van der Waals surface area (Å²) in [6, 6.07) is 18.6. The summed E-state index contributed by atoms with van der Waals surface area (Å²) >= 11 is 0. The van der Waals surface area contributed by atoms with Crippen molar-refractivity contribution in [2.75, 3.05) is 7.05 Å². The second-order valence-corrected chi connectivity index (χ2v) is 5.16. The predicted octanol–water partition coefficient (Wildman–Crippen LogP) is 4.73. The van der Waals surface area contributed by atoms with Gasteiger partial charge >= 0.3 is 0 Å². The van der Waals surface area contributed by atoms with Crippen molar-refractivity contribution in [1.82, 2.24) is 10.3 Å². The number of aromatic nitrogens is 1. The van der Waals surface area contributed by atoms with Crippen LogP contribution in [0.1, 0.15) is 11.1 Å². The lowest BCUT2D eigenvalue weighted by Gasteiger charge is -2.07. The highest BCUT2D eigenvalue weighted by Crippen LogP contribution is 2.23. The molecule has 0 aliphatic carbocycles. The molecule has 2 aromatic carbocycles. The third kappa shape index (κ3) is 2.63. The molecule has 0 spiro atoms. The number of nitrogens with one attached hydrogen (secondary N) is 1. The number of nitrogens with zero attached hydrogens (tertiary/aromatic N) is 1. The Morgan fingerprint density at radius 1 is 1.05 bits per heavy atom. The van der Waals surface area contributed by atoms with E-state index in [0.717, 1.165) is 39.0 Å². The van der Waals surface area contributed by atoms with Gasteiger partial charge in [-0.1, -0.05) is 61.7 Å². The standard InChI is InChI=1S/C20H18N2/c1-4-15-5-6-18-11-12-19(22-20(18)13-15)17-9-7-16(8-10-17)14(2)21-3/h4-13,21H,1-2H2,3H3. The minimum atomic E-state index is 0.911. The Labute approximate surface area is 130 Å². The van der Waals surface area contributed by atoms with E-state index >= 15 is 0 Å². The summed E-state index contributed by atoms with van der Waals surface area (Å²) in [6.45, 7) is 7.78. The van der Waals surface area contributed by atoms with E-state index in [2.05, 4.69) is 73.1 Å². The van der Waals surface area contributed by atoms with Gasteiger partial charge in [0.1, 0.15) is 0 Å². The molecule has 1 aromatic heterocycles. The van der Waals surface area contributed by atoms with E-state index in [9.17, 15) is 0 Å². The van der Waals surface area contributed by atoms with Gasteiger partial charge in [-0.15, -0.1) is 0 Å². The lowest BCUT2D eigenvalue weighted by atomic mass is 10.1. The van der Waals surface area contributed by atoms with E-state index < -0.39 is 0 Å². The minimum absolute atomic E-state index is 0.911. The topological polar surface area (TPSA) is 24.9 Å². The molecular formula is C20H18N2. The van der Waals surface area contributed by atoms with Crippen LogP contribution in [-0.2, 0) is 0 Å². The molecule has 0 amide bonds. The van der Waals surface area contributed by atoms with Crippen LogP contribution in [0.4, 0.5) is 0 Å². The van der Waals surface area contributed by atoms with E-state index in [1.54, 1.807) is 0 Å². The second-order valence-electron chi connectivity index (χ2n) is 5.16. The van der Waals surface area contributed by atoms with Crippen LogP contribution in [0.25, 0.3) is 33.9 Å². The SMILES string of the molecule is C=Cc1ccc2ccc(-c3ccc(C(=C)NC)cc3)nc2c1. The number of hydrogen-bond acceptors (Lipinski definition) is 2. The average Bonchev–Trinajstić information content (AvgIpc) is 2.60. The molecule has 0 unspecified atom stereocenters. The van der Waals surface area contributed by atoms with Crippen LogP contribution in [-0.4, -0.2) is 12.0 Å². The van der Waals surface area contributed by atoms with Gasteiger partial charge in [-0.3, -0.25) is 0 Å². The molecule has 0 atom stereocenters. The maximum atomic E-state index is 4.76. The molecular weight excluding hydrogens is 268 g/mol. The van der Waals surface area contributed by atoms with Gasteiger partial charge in [0.25, 0.3) is 0 Å². The van der Waals surface area contributed by atoms with Gasteiger partial charge in [-0.2, -0.15) is 0 Å². The summed E-state index contributed by atoms with van der Waals surface area (Å²) < 4.78 is 0. The molecule has 3 aromatic rings. The Bertz CT molecular complexity index is 845. The van der Waals surface area contributed by atoms with Crippen LogP contribution < -0.4 is 5.32 Å². The third-order valence-corrected chi connectivity index (χ3v) is 3.78.